The van der Waals surface area contributed by atoms with E-state index in [4.69, 9.17) is 5.26 Å². The van der Waals surface area contributed by atoms with E-state index in [0.29, 0.717) is 5.69 Å². The van der Waals surface area contributed by atoms with Gasteiger partial charge in [-0.3, -0.25) is 5.10 Å². The Labute approximate surface area is 92.4 Å². The monoisotopic (exact) mass is 214 g/mol. The van der Waals surface area contributed by atoms with Gasteiger partial charge in [-0.15, -0.1) is 0 Å². The molecule has 0 aromatic carbocycles. The van der Waals surface area contributed by atoms with Crippen LogP contribution in [0.25, 0.3) is 0 Å². The number of aromatic nitrogens is 4. The number of anilines is 1. The summed E-state index contributed by atoms with van der Waals surface area (Å²) >= 11 is 0. The van der Waals surface area contributed by atoms with Crippen LogP contribution in [0.1, 0.15) is 24.5 Å². The smallest absolute Gasteiger partial charge is 0.146 e. The number of hydrogen-bond acceptors (Lipinski definition) is 5. The standard InChI is InChI=1S/C10H10N6/c1-7(10-13-6-14-16-10)15-8-2-3-12-9(4-8)5-11/h2-4,6-7H,1H3,(H,12,15)(H,13,14,16). The Hall–Kier alpha value is -2.42. The molecule has 0 radical (unpaired) electrons. The normalized spacial score (nSPS) is 11.8. The molecule has 2 heterocycles. The molecule has 0 saturated carbocycles. The number of pyridine rings is 1. The number of aromatic amines is 1. The van der Waals surface area contributed by atoms with E-state index < -0.39 is 0 Å². The molecule has 80 valence electrons. The van der Waals surface area contributed by atoms with Crippen molar-refractivity contribution in [2.24, 2.45) is 0 Å². The maximum absolute atomic E-state index is 8.71. The molecule has 0 aliphatic carbocycles. The fourth-order valence-corrected chi connectivity index (χ4v) is 1.32. The van der Waals surface area contributed by atoms with E-state index in [2.05, 4.69) is 25.5 Å². The molecule has 0 aliphatic heterocycles. The molecular weight excluding hydrogens is 204 g/mol. The lowest BCUT2D eigenvalue weighted by Crippen LogP contribution is -2.08. The third-order valence-corrected chi connectivity index (χ3v) is 2.10. The molecule has 0 amide bonds. The molecular formula is C10H10N6. The van der Waals surface area contributed by atoms with Crippen LogP contribution in [0, 0.1) is 11.3 Å². The Balaban J connectivity index is 2.12. The lowest BCUT2D eigenvalue weighted by molar-refractivity contribution is 0.795. The molecule has 2 aromatic rings. The molecule has 0 saturated heterocycles. The van der Waals surface area contributed by atoms with Gasteiger partial charge in [0.25, 0.3) is 0 Å². The third kappa shape index (κ3) is 2.15. The van der Waals surface area contributed by atoms with Gasteiger partial charge in [0, 0.05) is 11.9 Å². The van der Waals surface area contributed by atoms with Gasteiger partial charge in [-0.05, 0) is 19.1 Å². The second-order valence-corrected chi connectivity index (χ2v) is 3.28. The van der Waals surface area contributed by atoms with Gasteiger partial charge in [0.05, 0.1) is 6.04 Å². The second kappa shape index (κ2) is 4.40. The highest BCUT2D eigenvalue weighted by Crippen LogP contribution is 2.15. The molecule has 6 nitrogen and oxygen atoms in total. The van der Waals surface area contributed by atoms with Crippen LogP contribution in [-0.4, -0.2) is 20.2 Å². The molecule has 0 aliphatic rings. The summed E-state index contributed by atoms with van der Waals surface area (Å²) in [6.45, 7) is 1.95. The molecule has 0 fully saturated rings. The minimum Gasteiger partial charge on any atom is -0.375 e. The molecule has 6 heteroatoms. The zero-order chi connectivity index (χ0) is 11.4. The van der Waals surface area contributed by atoms with Crippen molar-refractivity contribution in [3.8, 4) is 6.07 Å². The van der Waals surface area contributed by atoms with Crippen LogP contribution in [0.15, 0.2) is 24.7 Å². The maximum Gasteiger partial charge on any atom is 0.146 e. The van der Waals surface area contributed by atoms with E-state index in [0.717, 1.165) is 11.5 Å². The number of H-pyrrole nitrogens is 1. The van der Waals surface area contributed by atoms with Crippen molar-refractivity contribution in [3.05, 3.63) is 36.2 Å². The summed E-state index contributed by atoms with van der Waals surface area (Å²) in [4.78, 5) is 7.94. The van der Waals surface area contributed by atoms with Crippen LogP contribution in [-0.2, 0) is 0 Å². The predicted octanol–water partition coefficient (Wildman–Crippen LogP) is 1.24. The molecule has 0 spiro atoms. The number of nitriles is 1. The lowest BCUT2D eigenvalue weighted by atomic mass is 10.2. The Morgan fingerprint density at radius 2 is 2.38 bits per heavy atom. The van der Waals surface area contributed by atoms with E-state index in [1.165, 1.54) is 6.33 Å². The van der Waals surface area contributed by atoms with E-state index in [1.54, 1.807) is 18.3 Å². The SMILES string of the molecule is CC(Nc1ccnc(C#N)c1)c1ncn[nH]1. The van der Waals surface area contributed by atoms with Gasteiger partial charge in [-0.25, -0.2) is 9.97 Å². The second-order valence-electron chi connectivity index (χ2n) is 3.28. The van der Waals surface area contributed by atoms with Gasteiger partial charge >= 0.3 is 0 Å². The first-order valence-corrected chi connectivity index (χ1v) is 4.77. The Morgan fingerprint density at radius 1 is 1.50 bits per heavy atom. The van der Waals surface area contributed by atoms with Gasteiger partial charge in [0.15, 0.2) is 0 Å². The summed E-state index contributed by atoms with van der Waals surface area (Å²) < 4.78 is 0. The van der Waals surface area contributed by atoms with Crippen molar-refractivity contribution in [1.29, 1.82) is 5.26 Å². The number of nitrogens with zero attached hydrogens (tertiary/aromatic N) is 4. The van der Waals surface area contributed by atoms with Crippen LogP contribution in [0.5, 0.6) is 0 Å². The fraction of sp³-hybridized carbons (Fsp3) is 0.200. The summed E-state index contributed by atoms with van der Waals surface area (Å²) in [5.74, 6) is 0.746. The van der Waals surface area contributed by atoms with Gasteiger partial charge in [0.1, 0.15) is 23.9 Å². The van der Waals surface area contributed by atoms with Crippen LogP contribution in [0.4, 0.5) is 5.69 Å². The van der Waals surface area contributed by atoms with E-state index in [-0.39, 0.29) is 6.04 Å². The van der Waals surface area contributed by atoms with E-state index in [1.807, 2.05) is 13.0 Å². The van der Waals surface area contributed by atoms with Crippen molar-refractivity contribution in [3.63, 3.8) is 0 Å². The van der Waals surface area contributed by atoms with E-state index >= 15 is 0 Å². The minimum atomic E-state index is -0.00329. The Kier molecular flexibility index (Phi) is 2.78. The zero-order valence-electron chi connectivity index (χ0n) is 8.68. The molecule has 1 unspecified atom stereocenters. The van der Waals surface area contributed by atoms with Gasteiger partial charge in [-0.1, -0.05) is 0 Å². The average Bonchev–Trinajstić information content (AvgIpc) is 2.83. The van der Waals surface area contributed by atoms with Crippen molar-refractivity contribution in [2.45, 2.75) is 13.0 Å². The van der Waals surface area contributed by atoms with Crippen LogP contribution >= 0.6 is 0 Å². The highest BCUT2D eigenvalue weighted by molar-refractivity contribution is 5.46. The first kappa shape index (κ1) is 10.1. The largest absolute Gasteiger partial charge is 0.375 e. The van der Waals surface area contributed by atoms with Gasteiger partial charge < -0.3 is 5.32 Å². The van der Waals surface area contributed by atoms with Crippen LogP contribution in [0.3, 0.4) is 0 Å². The van der Waals surface area contributed by atoms with Gasteiger partial charge in [0.2, 0.25) is 0 Å². The van der Waals surface area contributed by atoms with Crippen LogP contribution < -0.4 is 5.32 Å². The molecule has 1 atom stereocenters. The van der Waals surface area contributed by atoms with Crippen LogP contribution in [0.2, 0.25) is 0 Å². The van der Waals surface area contributed by atoms with Crippen molar-refractivity contribution in [2.75, 3.05) is 5.32 Å². The zero-order valence-corrected chi connectivity index (χ0v) is 8.68. The Morgan fingerprint density at radius 3 is 3.06 bits per heavy atom. The number of rotatable bonds is 3. The first-order chi connectivity index (χ1) is 7.79. The summed E-state index contributed by atoms with van der Waals surface area (Å²) in [5.41, 5.74) is 1.21. The lowest BCUT2D eigenvalue weighted by Gasteiger charge is -2.11. The number of nitrogens with one attached hydrogen (secondary N) is 2. The third-order valence-electron chi connectivity index (χ3n) is 2.10. The first-order valence-electron chi connectivity index (χ1n) is 4.77. The van der Waals surface area contributed by atoms with Crippen molar-refractivity contribution in [1.82, 2.24) is 20.2 Å². The summed E-state index contributed by atoms with van der Waals surface area (Å²) in [5, 5.41) is 18.5. The van der Waals surface area contributed by atoms with Crippen molar-refractivity contribution < 1.29 is 0 Å². The summed E-state index contributed by atoms with van der Waals surface area (Å²) in [6.07, 6.45) is 3.05. The molecule has 0 bridgehead atoms. The maximum atomic E-state index is 8.71. The van der Waals surface area contributed by atoms with Gasteiger partial charge in [-0.2, -0.15) is 10.4 Å². The minimum absolute atomic E-state index is 0.00329. The summed E-state index contributed by atoms with van der Waals surface area (Å²) in [7, 11) is 0. The quantitative estimate of drug-likeness (QED) is 0.802. The average molecular weight is 214 g/mol. The molecule has 2 N–H and O–H groups in total. The highest BCUT2D eigenvalue weighted by atomic mass is 15.2. The predicted molar refractivity (Wildman–Crippen MR) is 57.4 cm³/mol. The summed E-state index contributed by atoms with van der Waals surface area (Å²) in [6, 6.07) is 5.47. The topological polar surface area (TPSA) is 90.3 Å². The molecule has 16 heavy (non-hydrogen) atoms. The molecule has 2 aromatic heterocycles. The van der Waals surface area contributed by atoms with Crippen molar-refractivity contribution >= 4 is 5.69 Å². The van der Waals surface area contributed by atoms with E-state index in [9.17, 15) is 0 Å². The Bertz CT molecular complexity index is 498. The number of hydrogen-bond donors (Lipinski definition) is 2. The molecule has 2 rings (SSSR count). The highest BCUT2D eigenvalue weighted by Gasteiger charge is 2.07. The fourth-order valence-electron chi connectivity index (χ4n) is 1.32.